The van der Waals surface area contributed by atoms with Crippen molar-refractivity contribution in [2.24, 2.45) is 0 Å². The molecule has 0 bridgehead atoms. The van der Waals surface area contributed by atoms with Crippen LogP contribution in [0.1, 0.15) is 50.7 Å². The Morgan fingerprint density at radius 1 is 1.18 bits per heavy atom. The Kier molecular flexibility index (Phi) is 4.59. The molecule has 2 rings (SSSR count). The van der Waals surface area contributed by atoms with E-state index in [4.69, 9.17) is 5.73 Å². The SMILES string of the molecule is CCCc1nc(N)nc(CSC2CCCC2)n1. The standard InChI is InChI=1S/C12H20N4S/c1-2-5-10-14-11(16-12(13)15-10)8-17-9-6-3-4-7-9/h9H,2-8H2,1H3,(H2,13,14,15,16). The van der Waals surface area contributed by atoms with E-state index < -0.39 is 0 Å². The summed E-state index contributed by atoms with van der Waals surface area (Å²) in [6.45, 7) is 2.12. The maximum absolute atomic E-state index is 5.70. The predicted octanol–water partition coefficient (Wildman–Crippen LogP) is 2.58. The molecule has 0 unspecified atom stereocenters. The summed E-state index contributed by atoms with van der Waals surface area (Å²) in [6, 6.07) is 0. The Balaban J connectivity index is 1.94. The second kappa shape index (κ2) is 6.19. The van der Waals surface area contributed by atoms with Crippen LogP contribution in [0.3, 0.4) is 0 Å². The van der Waals surface area contributed by atoms with Crippen molar-refractivity contribution < 1.29 is 0 Å². The van der Waals surface area contributed by atoms with Crippen molar-refractivity contribution >= 4 is 17.7 Å². The number of hydrogen-bond donors (Lipinski definition) is 1. The van der Waals surface area contributed by atoms with E-state index in [0.29, 0.717) is 5.95 Å². The average Bonchev–Trinajstić information content (AvgIpc) is 2.79. The number of nitrogens with two attached hydrogens (primary N) is 1. The summed E-state index contributed by atoms with van der Waals surface area (Å²) in [6.07, 6.45) is 7.35. The van der Waals surface area contributed by atoms with E-state index in [1.165, 1.54) is 25.7 Å². The lowest BCUT2D eigenvalue weighted by molar-refractivity contribution is 0.800. The van der Waals surface area contributed by atoms with Crippen molar-refractivity contribution in [2.45, 2.75) is 56.5 Å². The van der Waals surface area contributed by atoms with Crippen LogP contribution in [0.4, 0.5) is 5.95 Å². The van der Waals surface area contributed by atoms with Crippen molar-refractivity contribution in [1.82, 2.24) is 15.0 Å². The molecule has 0 saturated heterocycles. The molecule has 0 radical (unpaired) electrons. The molecule has 1 aromatic heterocycles. The zero-order valence-corrected chi connectivity index (χ0v) is 11.2. The first kappa shape index (κ1) is 12.6. The van der Waals surface area contributed by atoms with Gasteiger partial charge >= 0.3 is 0 Å². The third kappa shape index (κ3) is 3.84. The van der Waals surface area contributed by atoms with Gasteiger partial charge in [-0.2, -0.15) is 21.7 Å². The normalized spacial score (nSPS) is 16.5. The Hall–Kier alpha value is -0.840. The van der Waals surface area contributed by atoms with E-state index in [1.807, 2.05) is 11.8 Å². The monoisotopic (exact) mass is 252 g/mol. The third-order valence-corrected chi connectivity index (χ3v) is 4.34. The van der Waals surface area contributed by atoms with Crippen LogP contribution in [0.15, 0.2) is 0 Å². The van der Waals surface area contributed by atoms with E-state index in [2.05, 4.69) is 21.9 Å². The summed E-state index contributed by atoms with van der Waals surface area (Å²) >= 11 is 1.96. The van der Waals surface area contributed by atoms with Gasteiger partial charge in [0.15, 0.2) is 0 Å². The van der Waals surface area contributed by atoms with Crippen LogP contribution in [-0.4, -0.2) is 20.2 Å². The maximum atomic E-state index is 5.70. The van der Waals surface area contributed by atoms with Gasteiger partial charge in [0.1, 0.15) is 11.6 Å². The fourth-order valence-electron chi connectivity index (χ4n) is 2.14. The second-order valence-electron chi connectivity index (χ2n) is 4.49. The first-order chi connectivity index (χ1) is 8.28. The molecular weight excluding hydrogens is 232 g/mol. The highest BCUT2D eigenvalue weighted by Gasteiger charge is 2.16. The van der Waals surface area contributed by atoms with Crippen molar-refractivity contribution in [3.05, 3.63) is 11.6 Å². The molecule has 4 nitrogen and oxygen atoms in total. The molecule has 0 amide bonds. The molecule has 2 N–H and O–H groups in total. The Bertz CT molecular complexity index is 364. The molecule has 0 aromatic carbocycles. The number of hydrogen-bond acceptors (Lipinski definition) is 5. The highest BCUT2D eigenvalue weighted by atomic mass is 32.2. The summed E-state index contributed by atoms with van der Waals surface area (Å²) < 4.78 is 0. The third-order valence-electron chi connectivity index (χ3n) is 2.97. The lowest BCUT2D eigenvalue weighted by atomic mass is 10.3. The number of aryl methyl sites for hydroxylation is 1. The largest absolute Gasteiger partial charge is 0.368 e. The molecule has 94 valence electrons. The molecule has 0 aliphatic heterocycles. The number of anilines is 1. The van der Waals surface area contributed by atoms with Gasteiger partial charge in [0.2, 0.25) is 5.95 Å². The number of rotatable bonds is 5. The van der Waals surface area contributed by atoms with Crippen LogP contribution < -0.4 is 5.73 Å². The topological polar surface area (TPSA) is 64.7 Å². The van der Waals surface area contributed by atoms with Crippen LogP contribution in [0, 0.1) is 0 Å². The van der Waals surface area contributed by atoms with Gasteiger partial charge in [-0.3, -0.25) is 0 Å². The molecule has 1 aliphatic carbocycles. The van der Waals surface area contributed by atoms with E-state index in [-0.39, 0.29) is 0 Å². The number of thioether (sulfide) groups is 1. The minimum absolute atomic E-state index is 0.366. The molecule has 0 atom stereocenters. The zero-order valence-electron chi connectivity index (χ0n) is 10.4. The van der Waals surface area contributed by atoms with Crippen LogP contribution in [-0.2, 0) is 12.2 Å². The first-order valence-electron chi connectivity index (χ1n) is 6.39. The lowest BCUT2D eigenvalue weighted by Gasteiger charge is -2.08. The molecule has 5 heteroatoms. The molecule has 1 heterocycles. The average molecular weight is 252 g/mol. The molecular formula is C12H20N4S. The number of aromatic nitrogens is 3. The lowest BCUT2D eigenvalue weighted by Crippen LogP contribution is -2.07. The van der Waals surface area contributed by atoms with Crippen LogP contribution in [0.25, 0.3) is 0 Å². The fourth-order valence-corrected chi connectivity index (χ4v) is 3.32. The van der Waals surface area contributed by atoms with Gasteiger partial charge < -0.3 is 5.73 Å². The van der Waals surface area contributed by atoms with Gasteiger partial charge in [0, 0.05) is 11.7 Å². The van der Waals surface area contributed by atoms with Crippen LogP contribution >= 0.6 is 11.8 Å². The van der Waals surface area contributed by atoms with Gasteiger partial charge in [-0.1, -0.05) is 19.8 Å². The van der Waals surface area contributed by atoms with E-state index in [0.717, 1.165) is 35.5 Å². The molecule has 1 saturated carbocycles. The van der Waals surface area contributed by atoms with E-state index in [1.54, 1.807) is 0 Å². The zero-order chi connectivity index (χ0) is 12.1. The number of nitrogens with zero attached hydrogens (tertiary/aromatic N) is 3. The van der Waals surface area contributed by atoms with Crippen molar-refractivity contribution in [3.63, 3.8) is 0 Å². The summed E-state index contributed by atoms with van der Waals surface area (Å²) in [5, 5.41) is 0.794. The number of nitrogen functional groups attached to an aromatic ring is 1. The predicted molar refractivity (Wildman–Crippen MR) is 71.8 cm³/mol. The van der Waals surface area contributed by atoms with Gasteiger partial charge in [0.05, 0.1) is 5.75 Å². The second-order valence-corrected chi connectivity index (χ2v) is 5.78. The molecule has 1 fully saturated rings. The summed E-state index contributed by atoms with van der Waals surface area (Å²) in [5.41, 5.74) is 5.70. The minimum atomic E-state index is 0.366. The smallest absolute Gasteiger partial charge is 0.223 e. The van der Waals surface area contributed by atoms with E-state index in [9.17, 15) is 0 Å². The molecule has 17 heavy (non-hydrogen) atoms. The first-order valence-corrected chi connectivity index (χ1v) is 7.43. The highest BCUT2D eigenvalue weighted by molar-refractivity contribution is 7.99. The van der Waals surface area contributed by atoms with Crippen molar-refractivity contribution in [2.75, 3.05) is 5.73 Å². The minimum Gasteiger partial charge on any atom is -0.368 e. The summed E-state index contributed by atoms with van der Waals surface area (Å²) in [4.78, 5) is 12.8. The Morgan fingerprint density at radius 3 is 2.59 bits per heavy atom. The van der Waals surface area contributed by atoms with Crippen molar-refractivity contribution in [1.29, 1.82) is 0 Å². The highest BCUT2D eigenvalue weighted by Crippen LogP contribution is 2.30. The van der Waals surface area contributed by atoms with E-state index >= 15 is 0 Å². The summed E-state index contributed by atoms with van der Waals surface area (Å²) in [5.74, 6) is 2.92. The molecule has 1 aliphatic rings. The Labute approximate surface area is 107 Å². The Morgan fingerprint density at radius 2 is 1.88 bits per heavy atom. The van der Waals surface area contributed by atoms with Gasteiger partial charge in [-0.05, 0) is 19.3 Å². The molecule has 1 aromatic rings. The van der Waals surface area contributed by atoms with Crippen LogP contribution in [0.5, 0.6) is 0 Å². The van der Waals surface area contributed by atoms with Crippen LogP contribution in [0.2, 0.25) is 0 Å². The summed E-state index contributed by atoms with van der Waals surface area (Å²) in [7, 11) is 0. The van der Waals surface area contributed by atoms with Gasteiger partial charge in [0.25, 0.3) is 0 Å². The van der Waals surface area contributed by atoms with Gasteiger partial charge in [-0.15, -0.1) is 0 Å². The van der Waals surface area contributed by atoms with Crippen molar-refractivity contribution in [3.8, 4) is 0 Å². The maximum Gasteiger partial charge on any atom is 0.223 e. The fraction of sp³-hybridized carbons (Fsp3) is 0.750. The molecule has 0 spiro atoms. The quantitative estimate of drug-likeness (QED) is 0.872. The van der Waals surface area contributed by atoms with Gasteiger partial charge in [-0.25, -0.2) is 4.98 Å².